The molecule has 0 saturated carbocycles. The van der Waals surface area contributed by atoms with Crippen LogP contribution in [0.5, 0.6) is 0 Å². The van der Waals surface area contributed by atoms with E-state index in [2.05, 4.69) is 0 Å². The van der Waals surface area contributed by atoms with Crippen molar-refractivity contribution < 1.29 is 47.5 Å². The molecule has 1 aliphatic heterocycles. The van der Waals surface area contributed by atoms with Crippen LogP contribution in [0.25, 0.3) is 0 Å². The van der Waals surface area contributed by atoms with Gasteiger partial charge >= 0.3 is 11.9 Å². The smallest absolute Gasteiger partial charge is 0.308 e. The van der Waals surface area contributed by atoms with E-state index in [1.54, 1.807) is 0 Å². The molecule has 1 fully saturated rings. The Morgan fingerprint density at radius 3 is 3.10 bits per heavy atom. The maximum Gasteiger partial charge on any atom is 0.308 e. The number of hydrogen-bond donors (Lipinski definition) is 1. The average Bonchev–Trinajstić information content (AvgIpc) is 2.85. The number of carbonyl (C=O) groups is 2. The molecule has 0 radical (unpaired) electrons. The second-order valence-electron chi connectivity index (χ2n) is 7.31. The van der Waals surface area contributed by atoms with Gasteiger partial charge in [0.2, 0.25) is 0 Å². The molecule has 29 heavy (non-hydrogen) atoms. The standard InChI is InChI=1S/C24H36O5/c1-5-15(3)24(27)29-21-11-14(2)10-17-7-6-16(4)20(23(17)21)9-8-19-12-18(25)13-22(26)28-19/h6-7,10,14-16,18-21,23,25H,5,8-9,11-13H2,1-4H3/t14-,15-,16-,18+,19?,20-,21?,23-/m0/s1/i1D3,3D3,5D2,6D,7D,10D,11D2,13D2,14D,16D. The molecule has 2 aliphatic carbocycles. The highest BCUT2D eigenvalue weighted by Gasteiger charge is 2.42. The lowest BCUT2D eigenvalue weighted by molar-refractivity contribution is -0.162. The van der Waals surface area contributed by atoms with E-state index in [0.717, 1.165) is 6.92 Å². The molecule has 3 rings (SSSR count). The van der Waals surface area contributed by atoms with E-state index in [1.165, 1.54) is 6.92 Å². The highest BCUT2D eigenvalue weighted by molar-refractivity contribution is 5.72. The number of cyclic esters (lactones) is 1. The summed E-state index contributed by atoms with van der Waals surface area (Å²) in [5.41, 5.74) is -0.466. The SMILES string of the molecule is [2H]C1=C([2H])[C@]([2H])(C)[C@H](CCC2C[C@@H](O)C([2H])([2H])C(=O)O2)[C@@H]2C1=C([2H])[C@]([2H])(C)C([2H])([2H])C2OC(=O)[C@@H](C([2H])([2H])[2H])C([2H])([2H])C([2H])([2H])[2H]. The van der Waals surface area contributed by atoms with Crippen LogP contribution in [-0.2, 0) is 19.1 Å². The summed E-state index contributed by atoms with van der Waals surface area (Å²) in [6.45, 7) is -5.19. The zero-order valence-corrected chi connectivity index (χ0v) is 16.2. The molecular formula is C24H36O5. The predicted octanol–water partition coefficient (Wildman–Crippen LogP) is 4.20. The van der Waals surface area contributed by atoms with Crippen LogP contribution in [0.3, 0.4) is 0 Å². The van der Waals surface area contributed by atoms with Gasteiger partial charge in [0.25, 0.3) is 0 Å². The Hall–Kier alpha value is -1.62. The van der Waals surface area contributed by atoms with E-state index in [9.17, 15) is 14.7 Å². The quantitative estimate of drug-likeness (QED) is 0.651. The van der Waals surface area contributed by atoms with Gasteiger partial charge in [-0.25, -0.2) is 0 Å². The van der Waals surface area contributed by atoms with Gasteiger partial charge in [-0.05, 0) is 48.9 Å². The maximum atomic E-state index is 13.5. The second-order valence-corrected chi connectivity index (χ2v) is 7.31. The van der Waals surface area contributed by atoms with Crippen LogP contribution in [0.2, 0.25) is 0 Å². The summed E-state index contributed by atoms with van der Waals surface area (Å²) in [4.78, 5) is 25.7. The number of rotatable bonds is 6. The topological polar surface area (TPSA) is 72.8 Å². The molecule has 5 nitrogen and oxygen atoms in total. The van der Waals surface area contributed by atoms with Crippen LogP contribution in [0, 0.1) is 29.5 Å². The molecule has 0 aromatic rings. The van der Waals surface area contributed by atoms with Crippen molar-refractivity contribution in [3.63, 3.8) is 0 Å². The van der Waals surface area contributed by atoms with Crippen molar-refractivity contribution in [2.24, 2.45) is 29.5 Å². The highest BCUT2D eigenvalue weighted by atomic mass is 16.5. The van der Waals surface area contributed by atoms with Crippen molar-refractivity contribution >= 4 is 11.9 Å². The first kappa shape index (κ1) is 8.86. The van der Waals surface area contributed by atoms with Gasteiger partial charge in [-0.2, -0.15) is 0 Å². The van der Waals surface area contributed by atoms with E-state index in [-0.39, 0.29) is 19.3 Å². The fourth-order valence-electron chi connectivity index (χ4n) is 3.80. The van der Waals surface area contributed by atoms with Gasteiger partial charge in [0.05, 0.1) is 22.5 Å². The molecule has 1 heterocycles. The first-order chi connectivity index (χ1) is 20.4. The van der Waals surface area contributed by atoms with Crippen LogP contribution in [0.1, 0.15) is 89.2 Å². The van der Waals surface area contributed by atoms with Crippen LogP contribution < -0.4 is 0 Å². The Morgan fingerprint density at radius 1 is 1.55 bits per heavy atom. The van der Waals surface area contributed by atoms with Crippen molar-refractivity contribution in [1.29, 1.82) is 0 Å². The molecule has 3 aliphatic rings. The number of hydrogen-bond acceptors (Lipinski definition) is 5. The summed E-state index contributed by atoms with van der Waals surface area (Å²) in [6.07, 6.45) is -15.6. The minimum Gasteiger partial charge on any atom is -0.462 e. The van der Waals surface area contributed by atoms with Crippen molar-refractivity contribution in [2.75, 3.05) is 0 Å². The monoisotopic (exact) mass is 421 g/mol. The first-order valence-corrected chi connectivity index (χ1v) is 9.37. The molecule has 1 saturated heterocycles. The molecule has 0 aromatic carbocycles. The van der Waals surface area contributed by atoms with E-state index >= 15 is 0 Å². The molecule has 2 unspecified atom stereocenters. The Labute approximate surface area is 198 Å². The predicted molar refractivity (Wildman–Crippen MR) is 111 cm³/mol. The van der Waals surface area contributed by atoms with E-state index < -0.39 is 116 Å². The maximum absolute atomic E-state index is 13.5. The summed E-state index contributed by atoms with van der Waals surface area (Å²) in [5.74, 6) is -14.2. The fraction of sp³-hybridized carbons (Fsp3) is 0.750. The Kier molecular flexibility index (Phi) is 2.89. The van der Waals surface area contributed by atoms with E-state index in [0.29, 0.717) is 0 Å². The molecule has 0 spiro atoms. The molecule has 5 heteroatoms. The summed E-state index contributed by atoms with van der Waals surface area (Å²) >= 11 is 0. The molecule has 162 valence electrons. The molecule has 0 bridgehead atoms. The Morgan fingerprint density at radius 2 is 2.38 bits per heavy atom. The van der Waals surface area contributed by atoms with E-state index in [4.69, 9.17) is 32.8 Å². The Bertz CT molecular complexity index is 1310. The lowest BCUT2D eigenvalue weighted by atomic mass is 9.65. The van der Waals surface area contributed by atoms with Crippen molar-refractivity contribution in [3.05, 3.63) is 23.7 Å². The number of fused-ring (bicyclic) bond motifs is 1. The fourth-order valence-corrected chi connectivity index (χ4v) is 3.80. The third-order valence-electron chi connectivity index (χ3n) is 5.19. The van der Waals surface area contributed by atoms with Gasteiger partial charge in [0.1, 0.15) is 12.2 Å². The summed E-state index contributed by atoms with van der Waals surface area (Å²) in [7, 11) is 0. The summed E-state index contributed by atoms with van der Waals surface area (Å²) < 4.78 is 149. The van der Waals surface area contributed by atoms with Crippen molar-refractivity contribution in [2.45, 2.75) is 84.2 Å². The zero-order valence-electron chi connectivity index (χ0n) is 33.2. The largest absolute Gasteiger partial charge is 0.462 e. The number of esters is 2. The minimum atomic E-state index is -3.72. The number of carbonyl (C=O) groups excluding carboxylic acids is 2. The second kappa shape index (κ2) is 9.46. The van der Waals surface area contributed by atoms with Gasteiger partial charge in [-0.15, -0.1) is 0 Å². The lowest BCUT2D eigenvalue weighted by Gasteiger charge is -2.43. The molecule has 0 aromatic heterocycles. The average molecular weight is 422 g/mol. The normalized spacial score (nSPS) is 57.4. The van der Waals surface area contributed by atoms with E-state index in [1.807, 2.05) is 0 Å². The Balaban J connectivity index is 2.19. The van der Waals surface area contributed by atoms with Gasteiger partial charge in [-0.3, -0.25) is 9.59 Å². The van der Waals surface area contributed by atoms with Crippen LogP contribution in [0.15, 0.2) is 23.7 Å². The lowest BCUT2D eigenvalue weighted by Crippen LogP contribution is -2.42. The first-order valence-electron chi connectivity index (χ1n) is 17.9. The van der Waals surface area contributed by atoms with Gasteiger partial charge in [0.15, 0.2) is 0 Å². The summed E-state index contributed by atoms with van der Waals surface area (Å²) in [5, 5.41) is 10.2. The zero-order chi connectivity index (χ0) is 36.0. The minimum absolute atomic E-state index is 0.225. The van der Waals surface area contributed by atoms with Crippen LogP contribution >= 0.6 is 0 Å². The third kappa shape index (κ3) is 5.30. The highest BCUT2D eigenvalue weighted by Crippen LogP contribution is 2.45. The number of aliphatic hydroxyl groups excluding tert-OH is 1. The van der Waals surface area contributed by atoms with Crippen molar-refractivity contribution in [3.8, 4) is 0 Å². The van der Waals surface area contributed by atoms with Crippen LogP contribution in [-0.4, -0.2) is 35.4 Å². The molecule has 1 N–H and O–H groups in total. The molecule has 8 atom stereocenters. The summed E-state index contributed by atoms with van der Waals surface area (Å²) in [6, 6.07) is -2.22. The van der Waals surface area contributed by atoms with Gasteiger partial charge < -0.3 is 14.6 Å². The number of aliphatic hydroxyl groups is 1. The molecule has 0 amide bonds. The third-order valence-corrected chi connectivity index (χ3v) is 5.19. The van der Waals surface area contributed by atoms with Crippen LogP contribution in [0.4, 0.5) is 0 Å². The number of ether oxygens (including phenoxy) is 2. The van der Waals surface area contributed by atoms with Gasteiger partial charge in [-0.1, -0.05) is 45.7 Å². The van der Waals surface area contributed by atoms with Gasteiger partial charge in [0, 0.05) is 31.5 Å². The number of allylic oxidation sites excluding steroid dienone is 3. The molecular weight excluding hydrogens is 368 g/mol. The van der Waals surface area contributed by atoms with Crippen molar-refractivity contribution in [1.82, 2.24) is 0 Å².